The van der Waals surface area contributed by atoms with Crippen LogP contribution in [0.1, 0.15) is 107 Å². The highest BCUT2D eigenvalue weighted by Crippen LogP contribution is 2.52. The third-order valence-corrected chi connectivity index (χ3v) is 8.30. The number of hydrogen-bond donors (Lipinski definition) is 1. The summed E-state index contributed by atoms with van der Waals surface area (Å²) in [6.45, 7) is 27.9. The minimum atomic E-state index is -0.0550. The number of nitrogens with zero attached hydrogens (tertiary/aromatic N) is 1. The number of anilines is 1. The zero-order chi connectivity index (χ0) is 25.0. The van der Waals surface area contributed by atoms with Crippen molar-refractivity contribution in [2.75, 3.05) is 4.90 Å². The second-order valence-corrected chi connectivity index (χ2v) is 12.6. The molecule has 3 rings (SSSR count). The van der Waals surface area contributed by atoms with Crippen LogP contribution in [0, 0.1) is 33.1 Å². The highest BCUT2D eigenvalue weighted by atomic mass is 15.3. The Morgan fingerprint density at radius 2 is 1.33 bits per heavy atom. The summed E-state index contributed by atoms with van der Waals surface area (Å²) in [6.07, 6.45) is 1.12. The van der Waals surface area contributed by atoms with E-state index < -0.39 is 0 Å². The molecular weight excluding hydrogens is 399 g/mol. The molecule has 3 heteroatoms. The minimum Gasteiger partial charge on any atom is -0.368 e. The highest BCUT2D eigenvalue weighted by Gasteiger charge is 2.55. The fourth-order valence-corrected chi connectivity index (χ4v) is 6.81. The molecule has 2 aromatic carbocycles. The molecule has 0 spiro atoms. The molecule has 180 valence electrons. The zero-order valence-electron chi connectivity index (χ0n) is 23.4. The van der Waals surface area contributed by atoms with E-state index in [1.54, 1.807) is 0 Å². The van der Waals surface area contributed by atoms with Crippen molar-refractivity contribution in [2.45, 2.75) is 113 Å². The summed E-state index contributed by atoms with van der Waals surface area (Å²) in [4.78, 5) is 2.75. The number of rotatable bonds is 5. The van der Waals surface area contributed by atoms with Gasteiger partial charge in [-0.15, -0.1) is 0 Å². The van der Waals surface area contributed by atoms with Gasteiger partial charge in [-0.1, -0.05) is 82.4 Å². The molecule has 0 aliphatic carbocycles. The number of benzene rings is 2. The lowest BCUT2D eigenvalue weighted by atomic mass is 9.43. The van der Waals surface area contributed by atoms with Crippen molar-refractivity contribution in [1.29, 1.82) is 0 Å². The predicted octanol–water partition coefficient (Wildman–Crippen LogP) is 6.95. The van der Waals surface area contributed by atoms with Gasteiger partial charge in [-0.25, -0.2) is 0 Å². The Kier molecular flexibility index (Phi) is 6.90. The molecule has 1 heterocycles. The van der Waals surface area contributed by atoms with Crippen molar-refractivity contribution in [3.63, 3.8) is 0 Å². The number of para-hydroxylation sites is 1. The predicted molar refractivity (Wildman–Crippen MR) is 148 cm³/mol. The number of hydrogen-bond acceptors (Lipinski definition) is 2. The second-order valence-electron chi connectivity index (χ2n) is 12.6. The summed E-state index contributed by atoms with van der Waals surface area (Å²) in [5, 5.41) is 0. The topological polar surface area (TPSA) is 29.3 Å². The first-order valence-electron chi connectivity index (χ1n) is 12.9. The van der Waals surface area contributed by atoms with Crippen molar-refractivity contribution in [1.82, 2.24) is 0 Å². The van der Waals surface area contributed by atoms with E-state index in [4.69, 9.17) is 5.64 Å². The van der Waals surface area contributed by atoms with Crippen molar-refractivity contribution in [3.8, 4) is 0 Å². The maximum Gasteiger partial charge on any atom is 0.276 e. The first-order chi connectivity index (χ1) is 15.1. The second kappa shape index (κ2) is 8.80. The lowest BCUT2D eigenvalue weighted by Crippen LogP contribution is -2.63. The summed E-state index contributed by atoms with van der Waals surface area (Å²) in [6, 6.07) is 9.23. The van der Waals surface area contributed by atoms with Gasteiger partial charge in [0.05, 0.1) is 0 Å². The summed E-state index contributed by atoms with van der Waals surface area (Å²) in [7, 11) is 0. The van der Waals surface area contributed by atoms with Gasteiger partial charge in [-0.2, -0.15) is 0 Å². The molecule has 0 aromatic heterocycles. The van der Waals surface area contributed by atoms with Crippen molar-refractivity contribution in [2.24, 2.45) is 11.1 Å². The molecule has 1 aliphatic heterocycles. The first-order valence-corrected chi connectivity index (χ1v) is 12.9. The number of aryl methyl sites for hydroxylation is 2. The summed E-state index contributed by atoms with van der Waals surface area (Å²) in [5.74, 6) is 1.13. The SMILES string of the molecule is Cc1cc(C)c(C)c(B(N)C2N(c3c(C(C)C)cccc3C(C)C)C(C)(C)CC2(C)C)c1C. The fourth-order valence-electron chi connectivity index (χ4n) is 6.81. The van der Waals surface area contributed by atoms with E-state index in [1.165, 1.54) is 44.5 Å². The van der Waals surface area contributed by atoms with Crippen LogP contribution in [-0.2, 0) is 0 Å². The molecule has 2 aromatic rings. The minimum absolute atomic E-state index is 0.0150. The van der Waals surface area contributed by atoms with Crippen LogP contribution in [0.3, 0.4) is 0 Å². The largest absolute Gasteiger partial charge is 0.368 e. The molecule has 0 saturated carbocycles. The van der Waals surface area contributed by atoms with Crippen LogP contribution < -0.4 is 16.0 Å². The average molecular weight is 447 g/mol. The van der Waals surface area contributed by atoms with E-state index in [9.17, 15) is 0 Å². The molecule has 1 fully saturated rings. The van der Waals surface area contributed by atoms with Gasteiger partial charge in [-0.05, 0) is 87.5 Å². The van der Waals surface area contributed by atoms with Gasteiger partial charge in [0.25, 0.3) is 6.85 Å². The van der Waals surface area contributed by atoms with Gasteiger partial charge >= 0.3 is 0 Å². The molecule has 1 atom stereocenters. The summed E-state index contributed by atoms with van der Waals surface area (Å²) in [5.41, 5.74) is 18.5. The van der Waals surface area contributed by atoms with Gasteiger partial charge in [0.2, 0.25) is 0 Å². The molecular formula is C30H47BN2. The van der Waals surface area contributed by atoms with Crippen LogP contribution in [0.25, 0.3) is 0 Å². The van der Waals surface area contributed by atoms with E-state index in [-0.39, 0.29) is 23.7 Å². The third-order valence-electron chi connectivity index (χ3n) is 8.30. The molecule has 2 nitrogen and oxygen atoms in total. The maximum absolute atomic E-state index is 7.37. The van der Waals surface area contributed by atoms with Crippen LogP contribution in [0.2, 0.25) is 0 Å². The maximum atomic E-state index is 7.37. The Balaban J connectivity index is 2.34. The van der Waals surface area contributed by atoms with E-state index in [0.29, 0.717) is 11.8 Å². The Morgan fingerprint density at radius 3 is 1.76 bits per heavy atom. The quantitative estimate of drug-likeness (QED) is 0.504. The average Bonchev–Trinajstić information content (AvgIpc) is 2.88. The van der Waals surface area contributed by atoms with E-state index >= 15 is 0 Å². The molecule has 1 unspecified atom stereocenters. The lowest BCUT2D eigenvalue weighted by molar-refractivity contribution is 0.355. The Morgan fingerprint density at radius 1 is 0.879 bits per heavy atom. The van der Waals surface area contributed by atoms with E-state index in [2.05, 4.69) is 112 Å². The van der Waals surface area contributed by atoms with Crippen molar-refractivity contribution < 1.29 is 0 Å². The van der Waals surface area contributed by atoms with Crippen molar-refractivity contribution in [3.05, 3.63) is 57.6 Å². The monoisotopic (exact) mass is 446 g/mol. The molecule has 0 bridgehead atoms. The van der Waals surface area contributed by atoms with Crippen LogP contribution in [0.5, 0.6) is 0 Å². The Labute approximate surface area is 204 Å². The summed E-state index contributed by atoms with van der Waals surface area (Å²) < 4.78 is 0. The van der Waals surface area contributed by atoms with Gasteiger partial charge in [0, 0.05) is 17.2 Å². The fraction of sp³-hybridized carbons (Fsp3) is 0.600. The molecule has 0 amide bonds. The molecule has 0 radical (unpaired) electrons. The van der Waals surface area contributed by atoms with Gasteiger partial charge in [-0.3, -0.25) is 0 Å². The smallest absolute Gasteiger partial charge is 0.276 e. The van der Waals surface area contributed by atoms with Gasteiger partial charge in [0.1, 0.15) is 0 Å². The number of nitrogens with two attached hydrogens (primary N) is 1. The van der Waals surface area contributed by atoms with E-state index in [0.717, 1.165) is 6.42 Å². The van der Waals surface area contributed by atoms with E-state index in [1.807, 2.05) is 0 Å². The molecule has 1 saturated heterocycles. The molecule has 2 N–H and O–H groups in total. The normalized spacial score (nSPS) is 19.6. The zero-order valence-corrected chi connectivity index (χ0v) is 23.4. The molecule has 1 aliphatic rings. The van der Waals surface area contributed by atoms with Crippen LogP contribution in [0.15, 0.2) is 24.3 Å². The van der Waals surface area contributed by atoms with Crippen LogP contribution >= 0.6 is 0 Å². The highest BCUT2D eigenvalue weighted by molar-refractivity contribution is 6.73. The first kappa shape index (κ1) is 25.9. The van der Waals surface area contributed by atoms with Crippen LogP contribution in [-0.4, -0.2) is 18.3 Å². The van der Waals surface area contributed by atoms with Crippen LogP contribution in [0.4, 0.5) is 5.69 Å². The summed E-state index contributed by atoms with van der Waals surface area (Å²) >= 11 is 0. The standard InChI is InChI=1S/C30H47BN2/c1-18(2)24-14-13-15-25(19(3)4)27(24)33-28(29(9,10)17-30(33,11)12)31(32)26-22(7)20(5)16-21(6)23(26)8/h13-16,18-19,28H,17,32H2,1-12H3. The lowest BCUT2D eigenvalue weighted by Gasteiger charge is -2.44. The molecule has 33 heavy (non-hydrogen) atoms. The Bertz CT molecular complexity index is 980. The van der Waals surface area contributed by atoms with Crippen molar-refractivity contribution >= 4 is 18.0 Å². The Hall–Kier alpha value is -1.74. The van der Waals surface area contributed by atoms with Gasteiger partial charge < -0.3 is 10.5 Å². The third kappa shape index (κ3) is 4.38. The van der Waals surface area contributed by atoms with Gasteiger partial charge in [0.15, 0.2) is 0 Å².